The third kappa shape index (κ3) is 4.42. The molecule has 0 atom stereocenters. The summed E-state index contributed by atoms with van der Waals surface area (Å²) in [7, 11) is 0. The average Bonchev–Trinajstić information content (AvgIpc) is 2.59. The maximum atomic E-state index is 13.0. The van der Waals surface area contributed by atoms with Gasteiger partial charge in [-0.05, 0) is 50.4 Å². The number of hydrogen-bond acceptors (Lipinski definition) is 3. The van der Waals surface area contributed by atoms with Crippen LogP contribution in [0.25, 0.3) is 10.9 Å². The largest absolute Gasteiger partial charge is 0.336 e. The van der Waals surface area contributed by atoms with Crippen LogP contribution < -0.4 is 0 Å². The fourth-order valence-electron chi connectivity index (χ4n) is 3.45. The molecule has 0 unspecified atom stereocenters. The van der Waals surface area contributed by atoms with Crippen LogP contribution in [0.5, 0.6) is 0 Å². The minimum atomic E-state index is 0.119. The molecule has 0 bridgehead atoms. The lowest BCUT2D eigenvalue weighted by Crippen LogP contribution is -2.49. The smallest absolute Gasteiger partial charge is 0.255 e. The summed E-state index contributed by atoms with van der Waals surface area (Å²) < 4.78 is 0. The molecule has 1 saturated heterocycles. The molecule has 26 heavy (non-hydrogen) atoms. The molecule has 3 rings (SSSR count). The summed E-state index contributed by atoms with van der Waals surface area (Å²) in [6.07, 6.45) is 1.19. The van der Waals surface area contributed by atoms with Gasteiger partial charge < -0.3 is 4.90 Å². The minimum absolute atomic E-state index is 0.119. The molecule has 140 valence electrons. The number of hydrogen-bond donors (Lipinski definition) is 0. The standard InChI is InChI=1S/C22H31N3O/c1-16-6-7-20-18(14-16)15-19(17(2)23-20)21(26)25-12-10-24(11-13-25)9-8-22(3,4)5/h6-7,14-15H,8-13H2,1-5H3. The molecule has 1 amide bonds. The zero-order valence-corrected chi connectivity index (χ0v) is 16.8. The van der Waals surface area contributed by atoms with E-state index in [1.165, 1.54) is 12.0 Å². The van der Waals surface area contributed by atoms with Crippen LogP contribution in [0.2, 0.25) is 0 Å². The van der Waals surface area contributed by atoms with Crippen molar-refractivity contribution in [3.63, 3.8) is 0 Å². The van der Waals surface area contributed by atoms with Crippen LogP contribution in [0, 0.1) is 19.3 Å². The Hall–Kier alpha value is -1.94. The minimum Gasteiger partial charge on any atom is -0.336 e. The van der Waals surface area contributed by atoms with Crippen LogP contribution in [0.15, 0.2) is 24.3 Å². The van der Waals surface area contributed by atoms with Gasteiger partial charge in [-0.1, -0.05) is 32.4 Å². The molecule has 0 spiro atoms. The predicted molar refractivity (Wildman–Crippen MR) is 108 cm³/mol. The third-order valence-corrected chi connectivity index (χ3v) is 5.23. The van der Waals surface area contributed by atoms with E-state index in [0.29, 0.717) is 5.41 Å². The first kappa shape index (κ1) is 18.8. The Morgan fingerprint density at radius 1 is 1.08 bits per heavy atom. The number of benzene rings is 1. The van der Waals surface area contributed by atoms with Crippen molar-refractivity contribution in [2.75, 3.05) is 32.7 Å². The van der Waals surface area contributed by atoms with Gasteiger partial charge in [0.15, 0.2) is 0 Å². The Kier molecular flexibility index (Phi) is 5.33. The second-order valence-corrected chi connectivity index (χ2v) is 8.76. The molecule has 0 aliphatic carbocycles. The molecule has 0 radical (unpaired) electrons. The Morgan fingerprint density at radius 3 is 2.42 bits per heavy atom. The van der Waals surface area contributed by atoms with Crippen molar-refractivity contribution in [3.8, 4) is 0 Å². The number of amides is 1. The van der Waals surface area contributed by atoms with Crippen LogP contribution >= 0.6 is 0 Å². The number of aromatic nitrogens is 1. The molecular weight excluding hydrogens is 322 g/mol. The molecule has 1 aromatic carbocycles. The first-order valence-electron chi connectivity index (χ1n) is 9.63. The van der Waals surface area contributed by atoms with Gasteiger partial charge in [-0.3, -0.25) is 14.7 Å². The molecule has 1 aliphatic heterocycles. The monoisotopic (exact) mass is 353 g/mol. The molecule has 4 heteroatoms. The first-order chi connectivity index (χ1) is 12.2. The average molecular weight is 354 g/mol. The van der Waals surface area contributed by atoms with E-state index in [4.69, 9.17) is 0 Å². The second kappa shape index (κ2) is 7.36. The van der Waals surface area contributed by atoms with E-state index in [1.807, 2.05) is 24.0 Å². The molecule has 0 saturated carbocycles. The number of carbonyl (C=O) groups is 1. The summed E-state index contributed by atoms with van der Waals surface area (Å²) in [5, 5.41) is 1.04. The van der Waals surface area contributed by atoms with Crippen LogP contribution in [-0.2, 0) is 0 Å². The number of piperazine rings is 1. The van der Waals surface area contributed by atoms with E-state index >= 15 is 0 Å². The lowest BCUT2D eigenvalue weighted by atomic mass is 9.92. The van der Waals surface area contributed by atoms with Gasteiger partial charge in [0.25, 0.3) is 5.91 Å². The highest BCUT2D eigenvalue weighted by Crippen LogP contribution is 2.21. The van der Waals surface area contributed by atoms with Crippen LogP contribution in [0.1, 0.15) is 48.8 Å². The maximum absolute atomic E-state index is 13.0. The summed E-state index contributed by atoms with van der Waals surface area (Å²) in [6.45, 7) is 15.5. The molecule has 1 aromatic heterocycles. The third-order valence-electron chi connectivity index (χ3n) is 5.23. The fraction of sp³-hybridized carbons (Fsp3) is 0.545. The van der Waals surface area contributed by atoms with Crippen molar-refractivity contribution < 1.29 is 4.79 Å². The Morgan fingerprint density at radius 2 is 1.77 bits per heavy atom. The van der Waals surface area contributed by atoms with Gasteiger partial charge in [0.1, 0.15) is 0 Å². The van der Waals surface area contributed by atoms with Gasteiger partial charge in [0.2, 0.25) is 0 Å². The highest BCUT2D eigenvalue weighted by molar-refractivity contribution is 5.98. The van der Waals surface area contributed by atoms with Gasteiger partial charge in [0, 0.05) is 31.6 Å². The lowest BCUT2D eigenvalue weighted by Gasteiger charge is -2.36. The maximum Gasteiger partial charge on any atom is 0.255 e. The van der Waals surface area contributed by atoms with Crippen molar-refractivity contribution in [2.24, 2.45) is 5.41 Å². The van der Waals surface area contributed by atoms with E-state index < -0.39 is 0 Å². The summed E-state index contributed by atoms with van der Waals surface area (Å²) in [6, 6.07) is 8.20. The van der Waals surface area contributed by atoms with Gasteiger partial charge in [-0.15, -0.1) is 0 Å². The normalized spacial score (nSPS) is 16.3. The van der Waals surface area contributed by atoms with Gasteiger partial charge in [0.05, 0.1) is 16.8 Å². The molecule has 1 fully saturated rings. The van der Waals surface area contributed by atoms with E-state index in [-0.39, 0.29) is 5.91 Å². The van der Waals surface area contributed by atoms with Crippen molar-refractivity contribution in [1.82, 2.24) is 14.8 Å². The molecular formula is C22H31N3O. The Labute approximate surface area is 157 Å². The Balaban J connectivity index is 1.69. The zero-order valence-electron chi connectivity index (χ0n) is 16.8. The van der Waals surface area contributed by atoms with E-state index in [1.54, 1.807) is 0 Å². The fourth-order valence-corrected chi connectivity index (χ4v) is 3.45. The summed E-state index contributed by atoms with van der Waals surface area (Å²) in [4.78, 5) is 22.1. The number of rotatable bonds is 3. The zero-order chi connectivity index (χ0) is 18.9. The number of carbonyl (C=O) groups excluding carboxylic acids is 1. The van der Waals surface area contributed by atoms with Gasteiger partial charge >= 0.3 is 0 Å². The van der Waals surface area contributed by atoms with Crippen LogP contribution in [0.4, 0.5) is 0 Å². The SMILES string of the molecule is Cc1ccc2nc(C)c(C(=O)N3CCN(CCC(C)(C)C)CC3)cc2c1. The highest BCUT2D eigenvalue weighted by atomic mass is 16.2. The predicted octanol–water partition coefficient (Wildman–Crippen LogP) is 4.05. The second-order valence-electron chi connectivity index (χ2n) is 8.76. The topological polar surface area (TPSA) is 36.4 Å². The summed E-state index contributed by atoms with van der Waals surface area (Å²) in [5.41, 5.74) is 4.07. The molecule has 1 aliphatic rings. The molecule has 0 N–H and O–H groups in total. The van der Waals surface area contributed by atoms with Crippen LogP contribution in [-0.4, -0.2) is 53.4 Å². The highest BCUT2D eigenvalue weighted by Gasteiger charge is 2.24. The molecule has 4 nitrogen and oxygen atoms in total. The summed E-state index contributed by atoms with van der Waals surface area (Å²) in [5.74, 6) is 0.119. The Bertz CT molecular complexity index is 799. The van der Waals surface area contributed by atoms with Crippen molar-refractivity contribution in [2.45, 2.75) is 41.0 Å². The van der Waals surface area contributed by atoms with Crippen molar-refractivity contribution in [1.29, 1.82) is 0 Å². The lowest BCUT2D eigenvalue weighted by molar-refractivity contribution is 0.0622. The molecule has 2 heterocycles. The number of fused-ring (bicyclic) bond motifs is 1. The van der Waals surface area contributed by atoms with Gasteiger partial charge in [-0.25, -0.2) is 0 Å². The quantitative estimate of drug-likeness (QED) is 0.835. The van der Waals surface area contributed by atoms with E-state index in [0.717, 1.165) is 54.9 Å². The number of aryl methyl sites for hydroxylation is 2. The van der Waals surface area contributed by atoms with Gasteiger partial charge in [-0.2, -0.15) is 0 Å². The first-order valence-corrected chi connectivity index (χ1v) is 9.63. The summed E-state index contributed by atoms with van der Waals surface area (Å²) >= 11 is 0. The van der Waals surface area contributed by atoms with Crippen molar-refractivity contribution >= 4 is 16.8 Å². The number of pyridine rings is 1. The van der Waals surface area contributed by atoms with Crippen LogP contribution in [0.3, 0.4) is 0 Å². The van der Waals surface area contributed by atoms with E-state index in [2.05, 4.69) is 49.7 Å². The number of nitrogens with zero attached hydrogens (tertiary/aromatic N) is 3. The van der Waals surface area contributed by atoms with Crippen molar-refractivity contribution in [3.05, 3.63) is 41.1 Å². The van der Waals surface area contributed by atoms with E-state index in [9.17, 15) is 4.79 Å². The molecule has 2 aromatic rings.